The Hall–Kier alpha value is -4.21. The van der Waals surface area contributed by atoms with Crippen molar-refractivity contribution >= 4 is 10.9 Å². The molecule has 6 rings (SSSR count). The summed E-state index contributed by atoms with van der Waals surface area (Å²) in [5, 5.41) is 13.8. The molecule has 5 aromatic rings. The molecule has 2 aromatic heterocycles. The summed E-state index contributed by atoms with van der Waals surface area (Å²) in [6.07, 6.45) is 1.95. The maximum absolute atomic E-state index is 13.8. The normalized spacial score (nSPS) is 16.1. The molecule has 204 valence electrons. The summed E-state index contributed by atoms with van der Waals surface area (Å²) in [5.41, 5.74) is 4.12. The van der Waals surface area contributed by atoms with E-state index in [0.717, 1.165) is 47.0 Å². The van der Waals surface area contributed by atoms with Crippen LogP contribution < -0.4 is 5.56 Å². The lowest BCUT2D eigenvalue weighted by Gasteiger charge is -2.31. The minimum atomic E-state index is -0.588. The van der Waals surface area contributed by atoms with Crippen molar-refractivity contribution in [2.75, 3.05) is 6.61 Å². The summed E-state index contributed by atoms with van der Waals surface area (Å²) in [6, 6.07) is 23.8. The third-order valence-corrected chi connectivity index (χ3v) is 7.51. The fourth-order valence-corrected chi connectivity index (χ4v) is 5.50. The van der Waals surface area contributed by atoms with Gasteiger partial charge in [0, 0.05) is 25.3 Å². The van der Waals surface area contributed by atoms with Crippen LogP contribution in [0.5, 0.6) is 0 Å². The lowest BCUT2D eigenvalue weighted by Crippen LogP contribution is -2.35. The number of fused-ring (bicyclic) bond motifs is 1. The van der Waals surface area contributed by atoms with Crippen LogP contribution in [0.4, 0.5) is 4.39 Å². The monoisotopic (exact) mass is 538 g/mol. The predicted molar refractivity (Wildman–Crippen MR) is 150 cm³/mol. The molecule has 40 heavy (non-hydrogen) atoms. The zero-order valence-corrected chi connectivity index (χ0v) is 22.3. The Morgan fingerprint density at radius 1 is 1.05 bits per heavy atom. The average molecular weight is 539 g/mol. The molecular formula is C31H31FN6O2. The Kier molecular flexibility index (Phi) is 7.48. The van der Waals surface area contributed by atoms with Crippen molar-refractivity contribution in [3.63, 3.8) is 0 Å². The van der Waals surface area contributed by atoms with Crippen LogP contribution in [0.25, 0.3) is 10.9 Å². The number of aromatic nitrogens is 5. The van der Waals surface area contributed by atoms with E-state index in [4.69, 9.17) is 4.74 Å². The van der Waals surface area contributed by atoms with Gasteiger partial charge < -0.3 is 9.72 Å². The van der Waals surface area contributed by atoms with Gasteiger partial charge in [0.1, 0.15) is 11.9 Å². The average Bonchev–Trinajstić information content (AvgIpc) is 3.64. The minimum Gasteiger partial charge on any atom is -0.376 e. The minimum absolute atomic E-state index is 0.0140. The van der Waals surface area contributed by atoms with Gasteiger partial charge in [-0.2, -0.15) is 0 Å². The first kappa shape index (κ1) is 26.0. The molecule has 0 aliphatic carbocycles. The summed E-state index contributed by atoms with van der Waals surface area (Å²) in [4.78, 5) is 19.1. The van der Waals surface area contributed by atoms with E-state index in [1.807, 2.05) is 49.4 Å². The van der Waals surface area contributed by atoms with E-state index in [-0.39, 0.29) is 17.5 Å². The van der Waals surface area contributed by atoms with E-state index in [1.54, 1.807) is 16.8 Å². The maximum Gasteiger partial charge on any atom is 0.253 e. The van der Waals surface area contributed by atoms with E-state index in [9.17, 15) is 9.18 Å². The van der Waals surface area contributed by atoms with Crippen LogP contribution in [0.1, 0.15) is 47.0 Å². The van der Waals surface area contributed by atoms with Crippen molar-refractivity contribution in [3.05, 3.63) is 123 Å². The fourth-order valence-electron chi connectivity index (χ4n) is 5.50. The molecule has 3 aromatic carbocycles. The zero-order valence-electron chi connectivity index (χ0n) is 22.3. The summed E-state index contributed by atoms with van der Waals surface area (Å²) < 4.78 is 21.5. The molecule has 3 heterocycles. The Labute approximate surface area is 231 Å². The Balaban J connectivity index is 1.51. The second kappa shape index (κ2) is 11.5. The van der Waals surface area contributed by atoms with Crippen molar-refractivity contribution in [1.29, 1.82) is 0 Å². The highest BCUT2D eigenvalue weighted by Gasteiger charge is 2.32. The molecular weight excluding hydrogens is 507 g/mol. The number of halogens is 1. The second-order valence-electron chi connectivity index (χ2n) is 10.4. The topological polar surface area (TPSA) is 88.9 Å². The highest BCUT2D eigenvalue weighted by molar-refractivity contribution is 5.82. The van der Waals surface area contributed by atoms with Crippen LogP contribution in [0.15, 0.2) is 83.7 Å². The molecule has 1 saturated heterocycles. The standard InChI is InChI=1S/C31H31FN6O2/c1-21-7-5-10-24-17-27(31(39)33-28(21)24)29(30-34-35-36-38(30)20-26-11-6-16-40-26)37(18-22-8-3-2-4-9-22)19-23-12-14-25(32)15-13-23/h2-5,7-10,12-15,17,26,29H,6,11,16,18-20H2,1H3,(H,33,39)/t26-,29-/m0/s1. The third-order valence-electron chi connectivity index (χ3n) is 7.51. The van der Waals surface area contributed by atoms with Gasteiger partial charge in [0.2, 0.25) is 0 Å². The number of ether oxygens (including phenoxy) is 1. The Morgan fingerprint density at radius 3 is 2.58 bits per heavy atom. The first-order chi connectivity index (χ1) is 19.5. The largest absolute Gasteiger partial charge is 0.376 e. The smallest absolute Gasteiger partial charge is 0.253 e. The summed E-state index contributed by atoms with van der Waals surface area (Å²) in [5.74, 6) is 0.266. The zero-order chi connectivity index (χ0) is 27.5. The van der Waals surface area contributed by atoms with Gasteiger partial charge in [-0.25, -0.2) is 9.07 Å². The van der Waals surface area contributed by atoms with E-state index < -0.39 is 6.04 Å². The number of rotatable bonds is 9. The SMILES string of the molecule is Cc1cccc2cc([C@@H](c3nnnn3C[C@@H]3CCCO3)N(Cc3ccccc3)Cc3ccc(F)cc3)c(=O)[nH]c12. The molecule has 1 N–H and O–H groups in total. The summed E-state index contributed by atoms with van der Waals surface area (Å²) in [6.45, 7) is 4.16. The number of hydrogen-bond donors (Lipinski definition) is 1. The van der Waals surface area contributed by atoms with Gasteiger partial charge in [-0.1, -0.05) is 60.7 Å². The Morgan fingerprint density at radius 2 is 1.82 bits per heavy atom. The van der Waals surface area contributed by atoms with E-state index in [1.165, 1.54) is 12.1 Å². The first-order valence-corrected chi connectivity index (χ1v) is 13.6. The number of nitrogens with one attached hydrogen (secondary N) is 1. The van der Waals surface area contributed by atoms with Gasteiger partial charge in [-0.3, -0.25) is 9.69 Å². The van der Waals surface area contributed by atoms with Crippen LogP contribution in [-0.4, -0.2) is 42.8 Å². The number of tetrazole rings is 1. The van der Waals surface area contributed by atoms with Crippen LogP contribution >= 0.6 is 0 Å². The van der Waals surface area contributed by atoms with E-state index >= 15 is 0 Å². The van der Waals surface area contributed by atoms with Crippen molar-refractivity contribution < 1.29 is 9.13 Å². The van der Waals surface area contributed by atoms with Gasteiger partial charge in [-0.05, 0) is 70.5 Å². The number of nitrogens with zero attached hydrogens (tertiary/aromatic N) is 5. The van der Waals surface area contributed by atoms with Gasteiger partial charge >= 0.3 is 0 Å². The number of hydrogen-bond acceptors (Lipinski definition) is 6. The van der Waals surface area contributed by atoms with Crippen molar-refractivity contribution in [3.8, 4) is 0 Å². The van der Waals surface area contributed by atoms with Gasteiger partial charge in [-0.15, -0.1) is 5.10 Å². The second-order valence-corrected chi connectivity index (χ2v) is 10.4. The van der Waals surface area contributed by atoms with Crippen molar-refractivity contribution in [2.24, 2.45) is 0 Å². The van der Waals surface area contributed by atoms with E-state index in [0.29, 0.717) is 31.0 Å². The molecule has 0 spiro atoms. The lowest BCUT2D eigenvalue weighted by molar-refractivity contribution is 0.0903. The predicted octanol–water partition coefficient (Wildman–Crippen LogP) is 4.93. The molecule has 1 fully saturated rings. The highest BCUT2D eigenvalue weighted by Crippen LogP contribution is 2.31. The van der Waals surface area contributed by atoms with E-state index in [2.05, 4.69) is 37.5 Å². The number of aromatic amines is 1. The summed E-state index contributed by atoms with van der Waals surface area (Å²) >= 11 is 0. The number of pyridine rings is 1. The molecule has 0 unspecified atom stereocenters. The molecule has 0 saturated carbocycles. The third kappa shape index (κ3) is 5.57. The number of para-hydroxylation sites is 1. The Bertz CT molecular complexity index is 1640. The van der Waals surface area contributed by atoms with Crippen LogP contribution in [0.3, 0.4) is 0 Å². The molecule has 0 amide bonds. The molecule has 2 atom stereocenters. The van der Waals surface area contributed by atoms with Crippen LogP contribution in [0, 0.1) is 12.7 Å². The van der Waals surface area contributed by atoms with Crippen LogP contribution in [-0.2, 0) is 24.4 Å². The van der Waals surface area contributed by atoms with Crippen LogP contribution in [0.2, 0.25) is 0 Å². The van der Waals surface area contributed by atoms with Crippen molar-refractivity contribution in [2.45, 2.75) is 51.5 Å². The molecule has 8 nitrogen and oxygen atoms in total. The first-order valence-electron chi connectivity index (χ1n) is 13.6. The maximum atomic E-state index is 13.8. The fraction of sp³-hybridized carbons (Fsp3) is 0.290. The van der Waals surface area contributed by atoms with Gasteiger partial charge in [0.15, 0.2) is 5.82 Å². The molecule has 9 heteroatoms. The summed E-state index contributed by atoms with van der Waals surface area (Å²) in [7, 11) is 0. The van der Waals surface area contributed by atoms with Gasteiger partial charge in [0.25, 0.3) is 5.56 Å². The lowest BCUT2D eigenvalue weighted by atomic mass is 10.0. The molecule has 1 aliphatic heterocycles. The number of benzene rings is 3. The highest BCUT2D eigenvalue weighted by atomic mass is 19.1. The molecule has 1 aliphatic rings. The van der Waals surface area contributed by atoms with Gasteiger partial charge in [0.05, 0.1) is 18.2 Å². The molecule has 0 radical (unpaired) electrons. The molecule has 0 bridgehead atoms. The number of aryl methyl sites for hydroxylation is 1. The van der Waals surface area contributed by atoms with Crippen molar-refractivity contribution in [1.82, 2.24) is 30.1 Å². The quantitative estimate of drug-likeness (QED) is 0.286. The number of H-pyrrole nitrogens is 1.